The lowest BCUT2D eigenvalue weighted by Gasteiger charge is -2.22. The zero-order valence-electron chi connectivity index (χ0n) is 9.21. The molecule has 0 saturated carbocycles. The van der Waals surface area contributed by atoms with Crippen molar-refractivity contribution in [2.24, 2.45) is 4.99 Å². The lowest BCUT2D eigenvalue weighted by atomic mass is 10.3. The van der Waals surface area contributed by atoms with Gasteiger partial charge in [0.2, 0.25) is 0 Å². The first-order valence-corrected chi connectivity index (χ1v) is 4.52. The van der Waals surface area contributed by atoms with Gasteiger partial charge in [-0.25, -0.2) is 9.38 Å². The third-order valence-electron chi connectivity index (χ3n) is 1.67. The summed E-state index contributed by atoms with van der Waals surface area (Å²) in [5.74, 6) is 0.802. The van der Waals surface area contributed by atoms with Gasteiger partial charge in [0.05, 0.1) is 6.54 Å². The van der Waals surface area contributed by atoms with Gasteiger partial charge in [-0.3, -0.25) is 0 Å². The molecule has 0 aromatic rings. The second-order valence-corrected chi connectivity index (χ2v) is 3.44. The van der Waals surface area contributed by atoms with Crippen LogP contribution in [0.5, 0.6) is 0 Å². The van der Waals surface area contributed by atoms with E-state index in [9.17, 15) is 4.39 Å². The van der Waals surface area contributed by atoms with Crippen LogP contribution in [0.1, 0.15) is 13.3 Å². The molecule has 0 aliphatic rings. The molecular weight excluding hydrogens is 169 g/mol. The Kier molecular flexibility index (Phi) is 5.42. The summed E-state index contributed by atoms with van der Waals surface area (Å²) in [5.41, 5.74) is 0. The molecule has 0 amide bonds. The molecule has 1 unspecified atom stereocenters. The standard InChI is InChI=1S/C9H20FN3/c1-6-8(10)7-11-9(12(2)3)13(4)5/h8H,6-7H2,1-5H3. The average molecular weight is 189 g/mol. The quantitative estimate of drug-likeness (QED) is 0.491. The van der Waals surface area contributed by atoms with Gasteiger partial charge in [0.1, 0.15) is 6.17 Å². The zero-order valence-corrected chi connectivity index (χ0v) is 9.21. The zero-order chi connectivity index (χ0) is 10.4. The summed E-state index contributed by atoms with van der Waals surface area (Å²) in [5, 5.41) is 0. The van der Waals surface area contributed by atoms with Crippen molar-refractivity contribution >= 4 is 5.96 Å². The van der Waals surface area contributed by atoms with Gasteiger partial charge < -0.3 is 9.80 Å². The Morgan fingerprint density at radius 3 is 2.00 bits per heavy atom. The highest BCUT2D eigenvalue weighted by molar-refractivity contribution is 5.79. The maximum atomic E-state index is 12.9. The summed E-state index contributed by atoms with van der Waals surface area (Å²) in [7, 11) is 7.60. The molecule has 0 aromatic carbocycles. The minimum atomic E-state index is -0.824. The van der Waals surface area contributed by atoms with Crippen molar-refractivity contribution < 1.29 is 4.39 Å². The SMILES string of the molecule is CCC(F)CN=C(N(C)C)N(C)C. The summed E-state index contributed by atoms with van der Waals surface area (Å²) in [6.45, 7) is 2.08. The Morgan fingerprint density at radius 1 is 1.23 bits per heavy atom. The van der Waals surface area contributed by atoms with Crippen molar-refractivity contribution in [3.63, 3.8) is 0 Å². The van der Waals surface area contributed by atoms with Gasteiger partial charge in [0.15, 0.2) is 5.96 Å². The van der Waals surface area contributed by atoms with E-state index in [1.807, 2.05) is 44.9 Å². The van der Waals surface area contributed by atoms with Crippen molar-refractivity contribution in [1.82, 2.24) is 9.80 Å². The summed E-state index contributed by atoms with van der Waals surface area (Å²) in [4.78, 5) is 7.94. The normalized spacial score (nSPS) is 12.2. The molecule has 4 heteroatoms. The molecule has 0 aliphatic heterocycles. The Labute approximate surface area is 80.2 Å². The Bertz CT molecular complexity index is 156. The van der Waals surface area contributed by atoms with Crippen molar-refractivity contribution in [3.8, 4) is 0 Å². The Morgan fingerprint density at radius 2 is 1.69 bits per heavy atom. The molecule has 0 N–H and O–H groups in total. The number of rotatable bonds is 3. The van der Waals surface area contributed by atoms with Gasteiger partial charge in [-0.1, -0.05) is 6.92 Å². The molecule has 13 heavy (non-hydrogen) atoms. The summed E-state index contributed by atoms with van der Waals surface area (Å²) in [6, 6.07) is 0. The molecule has 1 atom stereocenters. The van der Waals surface area contributed by atoms with Crippen molar-refractivity contribution in [3.05, 3.63) is 0 Å². The van der Waals surface area contributed by atoms with Crippen LogP contribution in [-0.2, 0) is 0 Å². The maximum Gasteiger partial charge on any atom is 0.195 e. The second-order valence-electron chi connectivity index (χ2n) is 3.44. The number of nitrogens with zero attached hydrogens (tertiary/aromatic N) is 3. The highest BCUT2D eigenvalue weighted by Crippen LogP contribution is 1.98. The average Bonchev–Trinajstić information content (AvgIpc) is 2.03. The van der Waals surface area contributed by atoms with Crippen molar-refractivity contribution in [2.45, 2.75) is 19.5 Å². The summed E-state index contributed by atoms with van der Waals surface area (Å²) in [6.07, 6.45) is -0.299. The molecule has 0 saturated heterocycles. The summed E-state index contributed by atoms with van der Waals surface area (Å²) < 4.78 is 12.9. The fourth-order valence-electron chi connectivity index (χ4n) is 0.993. The van der Waals surface area contributed by atoms with E-state index in [1.54, 1.807) is 0 Å². The number of alkyl halides is 1. The number of hydrogen-bond donors (Lipinski definition) is 0. The van der Waals surface area contributed by atoms with E-state index < -0.39 is 6.17 Å². The molecule has 0 radical (unpaired) electrons. The molecule has 0 aliphatic carbocycles. The van der Waals surface area contributed by atoms with Crippen LogP contribution in [0, 0.1) is 0 Å². The van der Waals surface area contributed by atoms with Crippen molar-refractivity contribution in [1.29, 1.82) is 0 Å². The van der Waals surface area contributed by atoms with Gasteiger partial charge >= 0.3 is 0 Å². The highest BCUT2D eigenvalue weighted by Gasteiger charge is 2.06. The first kappa shape index (κ1) is 12.2. The number of guanidine groups is 1. The van der Waals surface area contributed by atoms with E-state index in [-0.39, 0.29) is 6.54 Å². The first-order chi connectivity index (χ1) is 5.99. The van der Waals surface area contributed by atoms with Crippen LogP contribution >= 0.6 is 0 Å². The molecule has 0 fully saturated rings. The molecule has 0 heterocycles. The minimum Gasteiger partial charge on any atom is -0.349 e. The minimum absolute atomic E-state index is 0.252. The van der Waals surface area contributed by atoms with E-state index in [1.165, 1.54) is 0 Å². The van der Waals surface area contributed by atoms with E-state index in [4.69, 9.17) is 0 Å². The van der Waals surface area contributed by atoms with Crippen LogP contribution in [-0.4, -0.2) is 56.7 Å². The van der Waals surface area contributed by atoms with Gasteiger partial charge in [-0.15, -0.1) is 0 Å². The third kappa shape index (κ3) is 4.70. The molecule has 0 rings (SSSR count). The lowest BCUT2D eigenvalue weighted by Crippen LogP contribution is -2.36. The summed E-state index contributed by atoms with van der Waals surface area (Å²) >= 11 is 0. The monoisotopic (exact) mass is 189 g/mol. The predicted octanol–water partition coefficient (Wildman–Crippen LogP) is 1.21. The van der Waals surface area contributed by atoms with E-state index in [0.29, 0.717) is 6.42 Å². The molecule has 0 spiro atoms. The van der Waals surface area contributed by atoms with Gasteiger partial charge in [-0.05, 0) is 6.42 Å². The maximum absolute atomic E-state index is 12.9. The molecule has 0 aromatic heterocycles. The van der Waals surface area contributed by atoms with Crippen LogP contribution in [0.4, 0.5) is 4.39 Å². The van der Waals surface area contributed by atoms with Crippen LogP contribution in [0.2, 0.25) is 0 Å². The Balaban J connectivity index is 4.20. The van der Waals surface area contributed by atoms with Gasteiger partial charge in [-0.2, -0.15) is 0 Å². The van der Waals surface area contributed by atoms with E-state index in [2.05, 4.69) is 4.99 Å². The van der Waals surface area contributed by atoms with Crippen molar-refractivity contribution in [2.75, 3.05) is 34.7 Å². The second kappa shape index (κ2) is 5.78. The van der Waals surface area contributed by atoms with Crippen LogP contribution in [0.25, 0.3) is 0 Å². The largest absolute Gasteiger partial charge is 0.349 e. The van der Waals surface area contributed by atoms with Crippen LogP contribution < -0.4 is 0 Å². The highest BCUT2D eigenvalue weighted by atomic mass is 19.1. The molecular formula is C9H20FN3. The fraction of sp³-hybridized carbons (Fsp3) is 0.889. The fourth-order valence-corrected chi connectivity index (χ4v) is 0.993. The van der Waals surface area contributed by atoms with E-state index >= 15 is 0 Å². The molecule has 78 valence electrons. The molecule has 3 nitrogen and oxygen atoms in total. The number of halogens is 1. The van der Waals surface area contributed by atoms with E-state index in [0.717, 1.165) is 5.96 Å². The van der Waals surface area contributed by atoms with Crippen LogP contribution in [0.15, 0.2) is 4.99 Å². The smallest absolute Gasteiger partial charge is 0.195 e. The predicted molar refractivity (Wildman–Crippen MR) is 54.9 cm³/mol. The first-order valence-electron chi connectivity index (χ1n) is 4.52. The van der Waals surface area contributed by atoms with Gasteiger partial charge in [0, 0.05) is 28.2 Å². The number of hydrogen-bond acceptors (Lipinski definition) is 1. The number of aliphatic imine (C=N–C) groups is 1. The topological polar surface area (TPSA) is 18.8 Å². The molecule has 0 bridgehead atoms. The van der Waals surface area contributed by atoms with Gasteiger partial charge in [0.25, 0.3) is 0 Å². The lowest BCUT2D eigenvalue weighted by molar-refractivity contribution is 0.330. The third-order valence-corrected chi connectivity index (χ3v) is 1.67. The Hall–Kier alpha value is -0.800. The van der Waals surface area contributed by atoms with Crippen LogP contribution in [0.3, 0.4) is 0 Å².